The number of hydrogen-bond donors (Lipinski definition) is 1. The van der Waals surface area contributed by atoms with Crippen molar-refractivity contribution in [3.63, 3.8) is 0 Å². The maximum atomic E-state index is 5.93. The molecule has 0 aliphatic heterocycles. The summed E-state index contributed by atoms with van der Waals surface area (Å²) in [7, 11) is 5.09. The molecule has 35 heavy (non-hydrogen) atoms. The fraction of sp³-hybridized carbons (Fsp3) is 0.364. The molecule has 4 rings (SSSR count). The summed E-state index contributed by atoms with van der Waals surface area (Å²) in [5.41, 5.74) is 1.64. The van der Waals surface area contributed by atoms with E-state index >= 15 is 0 Å². The Balaban J connectivity index is 1.63. The van der Waals surface area contributed by atoms with Crippen molar-refractivity contribution in [1.82, 2.24) is 39.5 Å². The molecule has 0 fully saturated rings. The van der Waals surface area contributed by atoms with Gasteiger partial charge in [-0.2, -0.15) is 5.10 Å². The minimum atomic E-state index is -0.364. The lowest BCUT2D eigenvalue weighted by Crippen LogP contribution is -2.19. The number of anilines is 1. The molecule has 0 amide bonds. The van der Waals surface area contributed by atoms with E-state index in [0.29, 0.717) is 34.2 Å². The molecule has 4 aromatic heterocycles. The van der Waals surface area contributed by atoms with Crippen LogP contribution in [-0.2, 0) is 11.8 Å². The molecular weight excluding hydrogens is 490 g/mol. The molecule has 0 radical (unpaired) electrons. The quantitative estimate of drug-likeness (QED) is 0.311. The lowest BCUT2D eigenvalue weighted by Gasteiger charge is -2.22. The molecule has 0 aliphatic rings. The number of hydrogen-bond acceptors (Lipinski definition) is 10. The minimum Gasteiger partial charge on any atom is -0.481 e. The van der Waals surface area contributed by atoms with Crippen LogP contribution >= 0.6 is 23.5 Å². The molecule has 4 heterocycles. The third-order valence-corrected chi connectivity index (χ3v) is 6.48. The van der Waals surface area contributed by atoms with Gasteiger partial charge < -0.3 is 9.47 Å². The number of aromatic nitrogens is 8. The molecule has 3 atom stereocenters. The highest BCUT2D eigenvalue weighted by molar-refractivity contribution is 8.01. The molecule has 0 saturated heterocycles. The van der Waals surface area contributed by atoms with Crippen LogP contribution in [0.2, 0.25) is 5.02 Å². The van der Waals surface area contributed by atoms with E-state index in [-0.39, 0.29) is 17.4 Å². The van der Waals surface area contributed by atoms with Crippen molar-refractivity contribution < 1.29 is 9.47 Å². The van der Waals surface area contributed by atoms with Crippen LogP contribution in [0.5, 0.6) is 5.88 Å². The Morgan fingerprint density at radius 3 is 2.51 bits per heavy atom. The molecule has 11 nitrogen and oxygen atoms in total. The summed E-state index contributed by atoms with van der Waals surface area (Å²) in [5.74, 6) is 2.20. The zero-order chi connectivity index (χ0) is 24.9. The van der Waals surface area contributed by atoms with Crippen LogP contribution in [0.1, 0.15) is 37.4 Å². The Morgan fingerprint density at radius 1 is 1.09 bits per heavy atom. The highest BCUT2D eigenvalue weighted by Crippen LogP contribution is 2.32. The summed E-state index contributed by atoms with van der Waals surface area (Å²) in [6.45, 7) is 4.07. The van der Waals surface area contributed by atoms with Gasteiger partial charge in [-0.25, -0.2) is 15.0 Å². The van der Waals surface area contributed by atoms with Gasteiger partial charge in [-0.15, -0.1) is 10.2 Å². The highest BCUT2D eigenvalue weighted by atomic mass is 35.5. The standard InChI is InChI=1S/C22H26ClN9O2S/c1-13(15-9-26-31(3)12-15)32-21(17-7-6-8-18(27-17)33-4)28-29-22(32)30-35-14(2)19(34-5)20-24-10-16(23)11-25-20/h6-14,19H,1-5H3,(H,29,30)/t13-,14?,19?/m0/s1. The second-order valence-electron chi connectivity index (χ2n) is 7.75. The topological polar surface area (TPSA) is 118 Å². The predicted octanol–water partition coefficient (Wildman–Crippen LogP) is 3.97. The van der Waals surface area contributed by atoms with Crippen LogP contribution in [0.25, 0.3) is 11.5 Å². The maximum Gasteiger partial charge on any atom is 0.235 e. The van der Waals surface area contributed by atoms with Crippen LogP contribution in [0, 0.1) is 0 Å². The Bertz CT molecular complexity index is 1260. The van der Waals surface area contributed by atoms with Crippen molar-refractivity contribution in [3.05, 3.63) is 59.4 Å². The molecule has 0 aromatic carbocycles. The first-order chi connectivity index (χ1) is 16.9. The van der Waals surface area contributed by atoms with Gasteiger partial charge >= 0.3 is 0 Å². The van der Waals surface area contributed by atoms with E-state index in [1.165, 1.54) is 11.9 Å². The largest absolute Gasteiger partial charge is 0.481 e. The monoisotopic (exact) mass is 515 g/mol. The summed E-state index contributed by atoms with van der Waals surface area (Å²) in [5, 5.41) is 13.6. The SMILES string of the molecule is COc1cccc(-c2nnc(NSC(C)C(OC)c3ncc(Cl)cn3)n2[C@@H](C)c2cnn(C)c2)n1. The van der Waals surface area contributed by atoms with Gasteiger partial charge in [-0.1, -0.05) is 17.7 Å². The molecule has 0 aliphatic carbocycles. The van der Waals surface area contributed by atoms with Crippen LogP contribution in [0.15, 0.2) is 43.0 Å². The predicted molar refractivity (Wildman–Crippen MR) is 134 cm³/mol. The van der Waals surface area contributed by atoms with E-state index in [4.69, 9.17) is 21.1 Å². The number of methoxy groups -OCH3 is 2. The van der Waals surface area contributed by atoms with Crippen LogP contribution < -0.4 is 9.46 Å². The smallest absolute Gasteiger partial charge is 0.235 e. The van der Waals surface area contributed by atoms with Crippen LogP contribution in [0.3, 0.4) is 0 Å². The number of nitrogens with zero attached hydrogens (tertiary/aromatic N) is 8. The Hall–Kier alpha value is -3.22. The third kappa shape index (κ3) is 5.55. The molecule has 0 spiro atoms. The van der Waals surface area contributed by atoms with E-state index in [1.54, 1.807) is 37.4 Å². The van der Waals surface area contributed by atoms with E-state index in [1.807, 2.05) is 43.1 Å². The summed E-state index contributed by atoms with van der Waals surface area (Å²) >= 11 is 7.36. The van der Waals surface area contributed by atoms with Crippen molar-refractivity contribution in [1.29, 1.82) is 0 Å². The fourth-order valence-electron chi connectivity index (χ4n) is 3.54. The number of ether oxygens (including phenoxy) is 2. The first-order valence-corrected chi connectivity index (χ1v) is 12.0. The second-order valence-corrected chi connectivity index (χ2v) is 9.37. The molecule has 0 bridgehead atoms. The highest BCUT2D eigenvalue weighted by Gasteiger charge is 2.26. The van der Waals surface area contributed by atoms with Gasteiger partial charge in [0, 0.05) is 44.4 Å². The Morgan fingerprint density at radius 2 is 1.86 bits per heavy atom. The number of rotatable bonds is 10. The zero-order valence-corrected chi connectivity index (χ0v) is 21.5. The van der Waals surface area contributed by atoms with Gasteiger partial charge in [-0.05, 0) is 31.9 Å². The van der Waals surface area contributed by atoms with Crippen molar-refractivity contribution in [2.24, 2.45) is 7.05 Å². The van der Waals surface area contributed by atoms with Gasteiger partial charge in [0.1, 0.15) is 11.8 Å². The summed E-state index contributed by atoms with van der Waals surface area (Å²) in [6, 6.07) is 5.40. The summed E-state index contributed by atoms with van der Waals surface area (Å²) in [6.07, 6.45) is 6.54. The van der Waals surface area contributed by atoms with Crippen molar-refractivity contribution in [2.45, 2.75) is 31.2 Å². The lowest BCUT2D eigenvalue weighted by molar-refractivity contribution is 0.0972. The van der Waals surface area contributed by atoms with Crippen molar-refractivity contribution in [3.8, 4) is 17.4 Å². The molecule has 13 heteroatoms. The zero-order valence-electron chi connectivity index (χ0n) is 20.0. The molecule has 2 unspecified atom stereocenters. The van der Waals surface area contributed by atoms with Gasteiger partial charge in [0.25, 0.3) is 0 Å². The Kier molecular flexibility index (Phi) is 7.83. The molecule has 184 valence electrons. The van der Waals surface area contributed by atoms with Crippen molar-refractivity contribution in [2.75, 3.05) is 18.9 Å². The molecular formula is C22H26ClN9O2S. The third-order valence-electron chi connectivity index (χ3n) is 5.36. The van der Waals surface area contributed by atoms with Crippen LogP contribution in [0.4, 0.5) is 5.95 Å². The van der Waals surface area contributed by atoms with Gasteiger partial charge in [-0.3, -0.25) is 14.0 Å². The van der Waals surface area contributed by atoms with Crippen LogP contribution in [-0.4, -0.2) is 59.0 Å². The van der Waals surface area contributed by atoms with E-state index in [9.17, 15) is 0 Å². The fourth-order valence-corrected chi connectivity index (χ4v) is 4.43. The van der Waals surface area contributed by atoms with E-state index in [2.05, 4.69) is 41.9 Å². The van der Waals surface area contributed by atoms with Crippen molar-refractivity contribution >= 4 is 29.5 Å². The molecule has 0 saturated carbocycles. The number of aryl methyl sites for hydroxylation is 1. The Labute approximate surface area is 212 Å². The maximum absolute atomic E-state index is 5.93. The van der Waals surface area contributed by atoms with Gasteiger partial charge in [0.15, 0.2) is 11.6 Å². The normalized spacial score (nSPS) is 13.9. The van der Waals surface area contributed by atoms with Gasteiger partial charge in [0.05, 0.1) is 29.6 Å². The first kappa shape index (κ1) is 24.9. The molecule has 1 N–H and O–H groups in total. The number of nitrogens with one attached hydrogen (secondary N) is 1. The van der Waals surface area contributed by atoms with E-state index < -0.39 is 0 Å². The first-order valence-electron chi connectivity index (χ1n) is 10.8. The average molecular weight is 516 g/mol. The number of pyridine rings is 1. The molecule has 4 aromatic rings. The number of halogens is 1. The van der Waals surface area contributed by atoms with E-state index in [0.717, 1.165) is 5.56 Å². The summed E-state index contributed by atoms with van der Waals surface area (Å²) < 4.78 is 18.1. The van der Waals surface area contributed by atoms with Gasteiger partial charge in [0.2, 0.25) is 11.8 Å². The summed E-state index contributed by atoms with van der Waals surface area (Å²) in [4.78, 5) is 13.2. The average Bonchev–Trinajstić information content (AvgIpc) is 3.50. The second kappa shape index (κ2) is 11.0. The minimum absolute atomic E-state index is 0.0709. The lowest BCUT2D eigenvalue weighted by atomic mass is 10.2.